The van der Waals surface area contributed by atoms with E-state index >= 15 is 0 Å². The Morgan fingerprint density at radius 3 is 3.00 bits per heavy atom. The van der Waals surface area contributed by atoms with Crippen LogP contribution in [0.5, 0.6) is 0 Å². The number of amides is 1. The molecule has 3 N–H and O–H groups in total. The lowest BCUT2D eigenvalue weighted by molar-refractivity contribution is 0.0941. The summed E-state index contributed by atoms with van der Waals surface area (Å²) in [5.74, 6) is -0.513. The zero-order valence-corrected chi connectivity index (χ0v) is 8.12. The molecule has 0 saturated carbocycles. The van der Waals surface area contributed by atoms with Gasteiger partial charge in [-0.2, -0.15) is 10.2 Å². The number of nitrogens with two attached hydrogens (primary N) is 1. The van der Waals surface area contributed by atoms with Crippen molar-refractivity contribution in [3.05, 3.63) is 29.7 Å². The molecule has 2 aromatic rings. The molecule has 2 rings (SSSR count). The Kier molecular flexibility index (Phi) is 2.72. The van der Waals surface area contributed by atoms with E-state index in [1.54, 1.807) is 18.3 Å². The predicted molar refractivity (Wildman–Crippen MR) is 51.9 cm³/mol. The molecule has 0 bridgehead atoms. The fraction of sp³-hybridized carbons (Fsp3) is 0.125. The molecule has 0 fully saturated rings. The van der Waals surface area contributed by atoms with Gasteiger partial charge in [-0.25, -0.2) is 4.63 Å². The van der Waals surface area contributed by atoms with Gasteiger partial charge in [-0.3, -0.25) is 4.79 Å². The Morgan fingerprint density at radius 2 is 2.38 bits per heavy atom. The largest absolute Gasteiger partial charge is 0.379 e. The van der Waals surface area contributed by atoms with Crippen LogP contribution in [0.3, 0.4) is 0 Å². The van der Waals surface area contributed by atoms with Crippen molar-refractivity contribution in [2.45, 2.75) is 6.54 Å². The zero-order chi connectivity index (χ0) is 11.4. The zero-order valence-electron chi connectivity index (χ0n) is 8.12. The fourth-order valence-corrected chi connectivity index (χ4v) is 1.04. The van der Waals surface area contributed by atoms with E-state index in [-0.39, 0.29) is 18.1 Å². The molecule has 82 valence electrons. The van der Waals surface area contributed by atoms with Crippen molar-refractivity contribution in [3.63, 3.8) is 0 Å². The highest BCUT2D eigenvalue weighted by Crippen LogP contribution is 2.03. The van der Waals surface area contributed by atoms with E-state index in [1.807, 2.05) is 0 Å². The molecule has 0 saturated heterocycles. The minimum Gasteiger partial charge on any atom is -0.379 e. The smallest absolute Gasteiger partial charge is 0.277 e. The van der Waals surface area contributed by atoms with Gasteiger partial charge in [0.1, 0.15) is 0 Å². The van der Waals surface area contributed by atoms with Crippen molar-refractivity contribution in [3.8, 4) is 0 Å². The standard InChI is InChI=1S/C8H8N6O2/c9-7-6(13-16-14-7)8(15)10-4-5-2-1-3-11-12-5/h1-3H,4H2,(H2,9,14)(H,10,15). The number of rotatable bonds is 3. The van der Waals surface area contributed by atoms with E-state index in [9.17, 15) is 4.79 Å². The van der Waals surface area contributed by atoms with Gasteiger partial charge in [-0.05, 0) is 22.4 Å². The molecule has 8 heteroatoms. The van der Waals surface area contributed by atoms with Crippen molar-refractivity contribution in [1.29, 1.82) is 0 Å². The second kappa shape index (κ2) is 4.34. The van der Waals surface area contributed by atoms with Crippen LogP contribution < -0.4 is 11.1 Å². The lowest BCUT2D eigenvalue weighted by atomic mass is 10.3. The Balaban J connectivity index is 1.97. The van der Waals surface area contributed by atoms with Crippen LogP contribution in [0.2, 0.25) is 0 Å². The summed E-state index contributed by atoms with van der Waals surface area (Å²) < 4.78 is 4.30. The summed E-state index contributed by atoms with van der Waals surface area (Å²) >= 11 is 0. The first kappa shape index (κ1) is 10.0. The molecule has 16 heavy (non-hydrogen) atoms. The van der Waals surface area contributed by atoms with Gasteiger partial charge in [0.25, 0.3) is 5.91 Å². The van der Waals surface area contributed by atoms with E-state index in [0.717, 1.165) is 0 Å². The molecule has 8 nitrogen and oxygen atoms in total. The molecule has 2 heterocycles. The molecule has 0 aliphatic carbocycles. The summed E-state index contributed by atoms with van der Waals surface area (Å²) in [5, 5.41) is 16.7. The van der Waals surface area contributed by atoms with E-state index in [4.69, 9.17) is 5.73 Å². The number of nitrogen functional groups attached to an aromatic ring is 1. The van der Waals surface area contributed by atoms with Crippen molar-refractivity contribution in [2.75, 3.05) is 5.73 Å². The van der Waals surface area contributed by atoms with Crippen LogP contribution in [0, 0.1) is 0 Å². The van der Waals surface area contributed by atoms with Gasteiger partial charge in [-0.15, -0.1) is 0 Å². The maximum atomic E-state index is 11.5. The average Bonchev–Trinajstić information content (AvgIpc) is 2.74. The Bertz CT molecular complexity index is 482. The number of anilines is 1. The van der Waals surface area contributed by atoms with Crippen molar-refractivity contribution >= 4 is 11.7 Å². The number of hydrogen-bond donors (Lipinski definition) is 2. The van der Waals surface area contributed by atoms with Crippen molar-refractivity contribution < 1.29 is 9.42 Å². The van der Waals surface area contributed by atoms with Gasteiger partial charge in [-0.1, -0.05) is 0 Å². The van der Waals surface area contributed by atoms with Gasteiger partial charge >= 0.3 is 0 Å². The lowest BCUT2D eigenvalue weighted by Crippen LogP contribution is -2.24. The third kappa shape index (κ3) is 2.11. The molecule has 0 radical (unpaired) electrons. The topological polar surface area (TPSA) is 120 Å². The van der Waals surface area contributed by atoms with E-state index < -0.39 is 5.91 Å². The number of aromatic nitrogens is 4. The van der Waals surface area contributed by atoms with Crippen LogP contribution >= 0.6 is 0 Å². The van der Waals surface area contributed by atoms with E-state index in [2.05, 4.69) is 30.5 Å². The molecule has 0 aliphatic heterocycles. The minimum atomic E-state index is -0.468. The van der Waals surface area contributed by atoms with Crippen LogP contribution in [0.4, 0.5) is 5.82 Å². The normalized spacial score (nSPS) is 10.0. The summed E-state index contributed by atoms with van der Waals surface area (Å²) in [5.41, 5.74) is 5.95. The highest BCUT2D eigenvalue weighted by atomic mass is 16.6. The van der Waals surface area contributed by atoms with Crippen LogP contribution in [0.25, 0.3) is 0 Å². The molecular weight excluding hydrogens is 212 g/mol. The first-order valence-corrected chi connectivity index (χ1v) is 4.40. The quantitative estimate of drug-likeness (QED) is 0.706. The summed E-state index contributed by atoms with van der Waals surface area (Å²) in [6.07, 6.45) is 1.55. The Labute approximate surface area is 89.8 Å². The second-order valence-corrected chi connectivity index (χ2v) is 2.90. The monoisotopic (exact) mass is 220 g/mol. The van der Waals surface area contributed by atoms with Crippen LogP contribution in [-0.2, 0) is 6.54 Å². The van der Waals surface area contributed by atoms with Gasteiger partial charge in [0.2, 0.25) is 11.5 Å². The second-order valence-electron chi connectivity index (χ2n) is 2.90. The van der Waals surface area contributed by atoms with Gasteiger partial charge in [0.05, 0.1) is 12.2 Å². The van der Waals surface area contributed by atoms with Gasteiger partial charge < -0.3 is 11.1 Å². The minimum absolute atomic E-state index is 0.0381. The van der Waals surface area contributed by atoms with E-state index in [1.165, 1.54) is 0 Å². The van der Waals surface area contributed by atoms with Crippen LogP contribution in [-0.4, -0.2) is 26.4 Å². The number of hydrogen-bond acceptors (Lipinski definition) is 7. The molecule has 1 amide bonds. The van der Waals surface area contributed by atoms with Crippen LogP contribution in [0.15, 0.2) is 23.0 Å². The highest BCUT2D eigenvalue weighted by Gasteiger charge is 2.15. The average molecular weight is 220 g/mol. The summed E-state index contributed by atoms with van der Waals surface area (Å²) in [6.45, 7) is 0.235. The van der Waals surface area contributed by atoms with Crippen LogP contribution in [0.1, 0.15) is 16.2 Å². The third-order valence-electron chi connectivity index (χ3n) is 1.79. The third-order valence-corrected chi connectivity index (χ3v) is 1.79. The molecule has 0 spiro atoms. The Hall–Kier alpha value is -2.51. The fourth-order valence-electron chi connectivity index (χ4n) is 1.04. The molecule has 2 aromatic heterocycles. The summed E-state index contributed by atoms with van der Waals surface area (Å²) in [6, 6.07) is 3.46. The van der Waals surface area contributed by atoms with Crippen molar-refractivity contribution in [2.24, 2.45) is 0 Å². The summed E-state index contributed by atoms with van der Waals surface area (Å²) in [7, 11) is 0. The summed E-state index contributed by atoms with van der Waals surface area (Å²) in [4.78, 5) is 11.5. The lowest BCUT2D eigenvalue weighted by Gasteiger charge is -2.00. The highest BCUT2D eigenvalue weighted by molar-refractivity contribution is 5.95. The van der Waals surface area contributed by atoms with Crippen molar-refractivity contribution in [1.82, 2.24) is 25.8 Å². The first-order valence-electron chi connectivity index (χ1n) is 4.40. The predicted octanol–water partition coefficient (Wildman–Crippen LogP) is -0.628. The number of nitrogens with zero attached hydrogens (tertiary/aromatic N) is 4. The Morgan fingerprint density at radius 1 is 1.50 bits per heavy atom. The first-order chi connectivity index (χ1) is 7.77. The maximum Gasteiger partial charge on any atom is 0.277 e. The SMILES string of the molecule is Nc1nonc1C(=O)NCc1cccnn1. The molecule has 0 aromatic carbocycles. The molecule has 0 aliphatic rings. The number of nitrogens with one attached hydrogen (secondary N) is 1. The van der Waals surface area contributed by atoms with E-state index in [0.29, 0.717) is 5.69 Å². The van der Waals surface area contributed by atoms with Gasteiger partial charge in [0, 0.05) is 6.20 Å². The number of carbonyl (C=O) groups is 1. The number of carbonyl (C=O) groups excluding carboxylic acids is 1. The molecule has 0 atom stereocenters. The molecular formula is C8H8N6O2. The van der Waals surface area contributed by atoms with Gasteiger partial charge in [0.15, 0.2) is 0 Å². The molecule has 0 unspecified atom stereocenters. The maximum absolute atomic E-state index is 11.5.